The van der Waals surface area contributed by atoms with Gasteiger partial charge < -0.3 is 14.8 Å². The first-order valence-electron chi connectivity index (χ1n) is 8.58. The molecule has 0 spiro atoms. The lowest BCUT2D eigenvalue weighted by Gasteiger charge is -2.08. The zero-order valence-corrected chi connectivity index (χ0v) is 17.6. The maximum absolute atomic E-state index is 12.0. The van der Waals surface area contributed by atoms with E-state index in [0.717, 1.165) is 15.7 Å². The van der Waals surface area contributed by atoms with Crippen LogP contribution in [-0.4, -0.2) is 17.6 Å². The number of nitrogens with zero attached hydrogens (tertiary/aromatic N) is 2. The quantitative estimate of drug-likeness (QED) is 0.394. The van der Waals surface area contributed by atoms with E-state index in [1.165, 1.54) is 18.3 Å². The van der Waals surface area contributed by atoms with Crippen LogP contribution in [0.3, 0.4) is 0 Å². The van der Waals surface area contributed by atoms with Gasteiger partial charge in [-0.2, -0.15) is 5.26 Å². The second kappa shape index (κ2) is 8.07. The average molecular weight is 468 g/mol. The highest BCUT2D eigenvalue weighted by Crippen LogP contribution is 2.37. The molecule has 0 aliphatic carbocycles. The highest BCUT2D eigenvalue weighted by atomic mass is 79.9. The lowest BCUT2D eigenvalue weighted by Crippen LogP contribution is -2.00. The predicted molar refractivity (Wildman–Crippen MR) is 115 cm³/mol. The number of allylic oxidation sites excluding steroid dienone is 1. The molecule has 1 aliphatic rings. The summed E-state index contributed by atoms with van der Waals surface area (Å²) in [6.07, 6.45) is 1.55. The summed E-state index contributed by atoms with van der Waals surface area (Å²) in [5, 5.41) is 15.1. The minimum absolute atomic E-state index is 0.118. The Kier molecular flexibility index (Phi) is 5.34. The van der Waals surface area contributed by atoms with Gasteiger partial charge in [0, 0.05) is 33.2 Å². The highest BCUT2D eigenvalue weighted by molar-refractivity contribution is 9.10. The number of fused-ring (bicyclic) bond motifs is 1. The van der Waals surface area contributed by atoms with E-state index in [4.69, 9.17) is 9.47 Å². The molecule has 0 atom stereocenters. The lowest BCUT2D eigenvalue weighted by molar-refractivity contribution is 0.101. The van der Waals surface area contributed by atoms with E-state index in [1.54, 1.807) is 18.3 Å². The van der Waals surface area contributed by atoms with Crippen LogP contribution in [0.1, 0.15) is 22.3 Å². The van der Waals surface area contributed by atoms with Gasteiger partial charge in [0.05, 0.1) is 11.4 Å². The second-order valence-corrected chi connectivity index (χ2v) is 7.94. The van der Waals surface area contributed by atoms with Gasteiger partial charge in [-0.15, -0.1) is 11.3 Å². The first-order chi connectivity index (χ1) is 14.0. The fraction of sp³-hybridized carbons (Fsp3) is 0.0952. The molecule has 144 valence electrons. The van der Waals surface area contributed by atoms with E-state index in [9.17, 15) is 10.1 Å². The number of nitrogens with one attached hydrogen (secondary N) is 1. The Morgan fingerprint density at radius 2 is 2.00 bits per heavy atom. The van der Waals surface area contributed by atoms with Crippen molar-refractivity contribution in [2.75, 3.05) is 12.1 Å². The standard InChI is InChI=1S/C21H14BrN3O3S/c1-12(26)16-6-19-20(28-11-27-19)7-17(16)24-9-14(8-23)21-25-18(10-29-21)13-2-4-15(22)5-3-13/h2-7,9-10,24H,11H2,1H3. The van der Waals surface area contributed by atoms with E-state index in [1.807, 2.05) is 29.6 Å². The van der Waals surface area contributed by atoms with Crippen molar-refractivity contribution in [3.8, 4) is 28.8 Å². The number of hydrogen-bond acceptors (Lipinski definition) is 7. The monoisotopic (exact) mass is 467 g/mol. The summed E-state index contributed by atoms with van der Waals surface area (Å²) in [5.41, 5.74) is 3.13. The number of carbonyl (C=O) groups excluding carboxylic acids is 1. The Hall–Kier alpha value is -3.15. The van der Waals surface area contributed by atoms with Crippen LogP contribution in [-0.2, 0) is 0 Å². The van der Waals surface area contributed by atoms with Crippen molar-refractivity contribution in [3.05, 3.63) is 63.0 Å². The number of hydrogen-bond donors (Lipinski definition) is 1. The fourth-order valence-corrected chi connectivity index (χ4v) is 3.85. The van der Waals surface area contributed by atoms with Crippen LogP contribution >= 0.6 is 27.3 Å². The van der Waals surface area contributed by atoms with Gasteiger partial charge in [0.25, 0.3) is 0 Å². The summed E-state index contributed by atoms with van der Waals surface area (Å²) < 4.78 is 11.7. The van der Waals surface area contributed by atoms with E-state index in [-0.39, 0.29) is 12.6 Å². The van der Waals surface area contributed by atoms with Gasteiger partial charge in [-0.25, -0.2) is 4.98 Å². The number of anilines is 1. The molecule has 1 aromatic heterocycles. The van der Waals surface area contributed by atoms with E-state index in [0.29, 0.717) is 33.3 Å². The third kappa shape index (κ3) is 4.01. The zero-order chi connectivity index (χ0) is 20.4. The van der Waals surface area contributed by atoms with Crippen molar-refractivity contribution in [2.45, 2.75) is 6.92 Å². The summed E-state index contributed by atoms with van der Waals surface area (Å²) in [6.45, 7) is 1.59. The molecule has 8 heteroatoms. The molecule has 4 rings (SSSR count). The minimum Gasteiger partial charge on any atom is -0.454 e. The van der Waals surface area contributed by atoms with Crippen LogP contribution in [0.4, 0.5) is 5.69 Å². The van der Waals surface area contributed by atoms with E-state index >= 15 is 0 Å². The number of ether oxygens (including phenoxy) is 2. The molecule has 2 aromatic carbocycles. The molecule has 0 fully saturated rings. The first kappa shape index (κ1) is 19.2. The van der Waals surface area contributed by atoms with E-state index < -0.39 is 0 Å². The van der Waals surface area contributed by atoms with Crippen molar-refractivity contribution < 1.29 is 14.3 Å². The Balaban J connectivity index is 1.62. The molecule has 1 N–H and O–H groups in total. The number of rotatable bonds is 5. The van der Waals surface area contributed by atoms with Crippen LogP contribution in [0.15, 0.2) is 52.5 Å². The number of ketones is 1. The van der Waals surface area contributed by atoms with Crippen LogP contribution < -0.4 is 14.8 Å². The number of thiazole rings is 1. The number of Topliss-reactive ketones (excluding diaryl/α,β-unsaturated/α-hetero) is 1. The Labute approximate surface area is 179 Å². The molecule has 0 radical (unpaired) electrons. The van der Waals surface area contributed by atoms with Crippen molar-refractivity contribution in [1.82, 2.24) is 4.98 Å². The lowest BCUT2D eigenvalue weighted by atomic mass is 10.1. The maximum atomic E-state index is 12.0. The van der Waals surface area contributed by atoms with Gasteiger partial charge in [0.2, 0.25) is 6.79 Å². The average Bonchev–Trinajstić information content (AvgIpc) is 3.37. The van der Waals surface area contributed by atoms with Crippen molar-refractivity contribution in [1.29, 1.82) is 5.26 Å². The Morgan fingerprint density at radius 3 is 2.69 bits per heavy atom. The summed E-state index contributed by atoms with van der Waals surface area (Å²) in [5.74, 6) is 0.963. The molecular formula is C21H14BrN3O3S. The van der Waals surface area contributed by atoms with Crippen LogP contribution in [0, 0.1) is 11.3 Å². The van der Waals surface area contributed by atoms with Gasteiger partial charge in [0.15, 0.2) is 17.3 Å². The summed E-state index contributed by atoms with van der Waals surface area (Å²) in [7, 11) is 0. The molecule has 6 nitrogen and oxygen atoms in total. The molecule has 29 heavy (non-hydrogen) atoms. The SMILES string of the molecule is CC(=O)c1cc2c(cc1NC=C(C#N)c1nc(-c3ccc(Br)cc3)cs1)OCO2. The normalized spacial score (nSPS) is 12.5. The van der Waals surface area contributed by atoms with Gasteiger partial charge >= 0.3 is 0 Å². The smallest absolute Gasteiger partial charge is 0.231 e. The molecule has 2 heterocycles. The number of nitriles is 1. The molecule has 0 bridgehead atoms. The van der Waals surface area contributed by atoms with Crippen LogP contribution in [0.25, 0.3) is 16.8 Å². The fourth-order valence-electron chi connectivity index (χ4n) is 2.80. The number of halogens is 1. The Bertz CT molecular complexity index is 1160. The molecule has 0 unspecified atom stereocenters. The van der Waals surface area contributed by atoms with Gasteiger partial charge in [-0.3, -0.25) is 4.79 Å². The van der Waals surface area contributed by atoms with Crippen LogP contribution in [0.2, 0.25) is 0 Å². The first-order valence-corrected chi connectivity index (χ1v) is 10.3. The summed E-state index contributed by atoms with van der Waals surface area (Å²) in [6, 6.07) is 13.3. The number of carbonyl (C=O) groups is 1. The van der Waals surface area contributed by atoms with Crippen LogP contribution in [0.5, 0.6) is 11.5 Å². The van der Waals surface area contributed by atoms with Gasteiger partial charge in [0.1, 0.15) is 16.6 Å². The van der Waals surface area contributed by atoms with Gasteiger partial charge in [-0.1, -0.05) is 28.1 Å². The zero-order valence-electron chi connectivity index (χ0n) is 15.2. The molecule has 0 saturated carbocycles. The van der Waals surface area contributed by atoms with E-state index in [2.05, 4.69) is 32.3 Å². The molecule has 0 saturated heterocycles. The predicted octanol–water partition coefficient (Wildman–Crippen LogP) is 5.48. The Morgan fingerprint density at radius 1 is 1.28 bits per heavy atom. The van der Waals surface area contributed by atoms with Crippen molar-refractivity contribution in [3.63, 3.8) is 0 Å². The minimum atomic E-state index is -0.121. The summed E-state index contributed by atoms with van der Waals surface area (Å²) >= 11 is 4.80. The topological polar surface area (TPSA) is 84.2 Å². The molecule has 1 aliphatic heterocycles. The highest BCUT2D eigenvalue weighted by Gasteiger charge is 2.19. The summed E-state index contributed by atoms with van der Waals surface area (Å²) in [4.78, 5) is 16.6. The molecule has 3 aromatic rings. The third-order valence-electron chi connectivity index (χ3n) is 4.26. The molecule has 0 amide bonds. The van der Waals surface area contributed by atoms with Crippen molar-refractivity contribution in [2.24, 2.45) is 0 Å². The number of aromatic nitrogens is 1. The van der Waals surface area contributed by atoms with Crippen molar-refractivity contribution >= 4 is 44.3 Å². The van der Waals surface area contributed by atoms with Gasteiger partial charge in [-0.05, 0) is 25.1 Å². The second-order valence-electron chi connectivity index (χ2n) is 6.17. The third-order valence-corrected chi connectivity index (χ3v) is 5.66. The molecular weight excluding hydrogens is 454 g/mol. The largest absolute Gasteiger partial charge is 0.454 e. The number of benzene rings is 2. The maximum Gasteiger partial charge on any atom is 0.231 e.